The average molecular weight is 582 g/mol. The van der Waals surface area contributed by atoms with Crippen LogP contribution in [0, 0.1) is 0 Å². The first-order valence-electron chi connectivity index (χ1n) is 12.7. The van der Waals surface area contributed by atoms with Crippen molar-refractivity contribution in [3.63, 3.8) is 0 Å². The summed E-state index contributed by atoms with van der Waals surface area (Å²) >= 11 is 0. The Morgan fingerprint density at radius 3 is 1.77 bits per heavy atom. The van der Waals surface area contributed by atoms with Crippen molar-refractivity contribution in [2.75, 3.05) is 52.4 Å². The number of hydrogen-bond donors (Lipinski definition) is 2. The fourth-order valence-electron chi connectivity index (χ4n) is 4.90. The van der Waals surface area contributed by atoms with Crippen LogP contribution in [0.3, 0.4) is 0 Å². The molecule has 39 heavy (non-hydrogen) atoms. The van der Waals surface area contributed by atoms with Crippen molar-refractivity contribution in [1.29, 1.82) is 0 Å². The van der Waals surface area contributed by atoms with E-state index >= 15 is 0 Å². The molecule has 4 fully saturated rings. The lowest BCUT2D eigenvalue weighted by Gasteiger charge is -2.41. The molecule has 2 unspecified atom stereocenters. The zero-order chi connectivity index (χ0) is 29.4. The molecule has 9 nitrogen and oxygen atoms in total. The van der Waals surface area contributed by atoms with Crippen LogP contribution in [0.4, 0.5) is 30.7 Å². The summed E-state index contributed by atoms with van der Waals surface area (Å²) < 4.78 is 84.0. The molecule has 1 amide bonds. The maximum absolute atomic E-state index is 14.5. The summed E-state index contributed by atoms with van der Waals surface area (Å²) in [6, 6.07) is 0.381. The third-order valence-corrected chi connectivity index (χ3v) is 7.19. The molecule has 16 heteroatoms. The smallest absolute Gasteiger partial charge is 0.475 e. The van der Waals surface area contributed by atoms with E-state index in [0.717, 1.165) is 45.5 Å². The van der Waals surface area contributed by atoms with Crippen molar-refractivity contribution in [1.82, 2.24) is 14.7 Å². The van der Waals surface area contributed by atoms with Gasteiger partial charge in [0.1, 0.15) is 0 Å². The lowest BCUT2D eigenvalue weighted by atomic mass is 9.81. The summed E-state index contributed by atoms with van der Waals surface area (Å²) in [4.78, 5) is 37.2. The lowest BCUT2D eigenvalue weighted by molar-refractivity contribution is -0.193. The van der Waals surface area contributed by atoms with E-state index in [9.17, 15) is 35.5 Å². The molecule has 4 aliphatic rings. The van der Waals surface area contributed by atoms with Gasteiger partial charge in [0.2, 0.25) is 0 Å². The zero-order valence-electron chi connectivity index (χ0n) is 21.3. The van der Waals surface area contributed by atoms with Gasteiger partial charge in [-0.3, -0.25) is 9.69 Å². The molecule has 1 aliphatic carbocycles. The van der Waals surface area contributed by atoms with Crippen LogP contribution in [-0.2, 0) is 19.1 Å². The lowest BCUT2D eigenvalue weighted by Crippen LogP contribution is -2.53. The molecular formula is C23H34F7N3O6. The molecule has 3 aliphatic heterocycles. The first-order chi connectivity index (χ1) is 18.0. The predicted molar refractivity (Wildman–Crippen MR) is 122 cm³/mol. The number of ether oxygens (including phenoxy) is 1. The summed E-state index contributed by atoms with van der Waals surface area (Å²) in [7, 11) is 0. The molecule has 0 radical (unpaired) electrons. The van der Waals surface area contributed by atoms with Crippen molar-refractivity contribution in [2.45, 2.75) is 75.1 Å². The molecule has 1 saturated carbocycles. The topological polar surface area (TPSA) is 111 Å². The van der Waals surface area contributed by atoms with Gasteiger partial charge in [0, 0.05) is 38.8 Å². The Kier molecular flexibility index (Phi) is 11.8. The van der Waals surface area contributed by atoms with Gasteiger partial charge in [0.15, 0.2) is 5.67 Å². The zero-order valence-corrected chi connectivity index (χ0v) is 21.3. The highest BCUT2D eigenvalue weighted by molar-refractivity contribution is 5.86. The van der Waals surface area contributed by atoms with Crippen LogP contribution in [0.2, 0.25) is 0 Å². The maximum Gasteiger partial charge on any atom is 0.490 e. The molecule has 0 aromatic rings. The van der Waals surface area contributed by atoms with Gasteiger partial charge < -0.3 is 24.7 Å². The van der Waals surface area contributed by atoms with E-state index in [1.807, 2.05) is 0 Å². The number of morpholine rings is 1. The van der Waals surface area contributed by atoms with Crippen molar-refractivity contribution in [2.24, 2.45) is 0 Å². The second-order valence-electron chi connectivity index (χ2n) is 9.86. The highest BCUT2D eigenvalue weighted by atomic mass is 19.4. The first kappa shape index (κ1) is 33.0. The van der Waals surface area contributed by atoms with Gasteiger partial charge in [0.05, 0.1) is 12.7 Å². The van der Waals surface area contributed by atoms with Crippen LogP contribution in [-0.4, -0.2) is 125 Å². The first-order valence-corrected chi connectivity index (χ1v) is 12.7. The number of carbonyl (C=O) groups is 3. The average Bonchev–Trinajstić information content (AvgIpc) is 3.25. The van der Waals surface area contributed by atoms with Crippen molar-refractivity contribution < 1.29 is 60.1 Å². The Hall–Kier alpha value is -2.20. The summed E-state index contributed by atoms with van der Waals surface area (Å²) in [5.74, 6) is -5.78. The summed E-state index contributed by atoms with van der Waals surface area (Å²) in [5, 5.41) is 14.2. The third-order valence-electron chi connectivity index (χ3n) is 7.19. The van der Waals surface area contributed by atoms with Gasteiger partial charge in [-0.2, -0.15) is 26.3 Å². The van der Waals surface area contributed by atoms with Crippen LogP contribution in [0.15, 0.2) is 0 Å². The SMILES string of the molecule is O=C(N1CCC2OCCN(CCN3CCCC3)C2CC1)C1(F)CCC1.O=C(O)C(F)(F)F.O=C(O)C(F)(F)F. The molecule has 0 aromatic heterocycles. The molecule has 4 rings (SSSR count). The summed E-state index contributed by atoms with van der Waals surface area (Å²) in [6.45, 7) is 7.78. The van der Waals surface area contributed by atoms with E-state index in [1.165, 1.54) is 25.9 Å². The number of nitrogens with zero attached hydrogens (tertiary/aromatic N) is 3. The molecule has 2 N–H and O–H groups in total. The van der Waals surface area contributed by atoms with E-state index in [2.05, 4.69) is 9.80 Å². The van der Waals surface area contributed by atoms with Gasteiger partial charge in [-0.05, 0) is 58.0 Å². The third kappa shape index (κ3) is 10.0. The van der Waals surface area contributed by atoms with Gasteiger partial charge in [0.25, 0.3) is 5.91 Å². The molecule has 0 spiro atoms. The normalized spacial score (nSPS) is 25.6. The number of alkyl halides is 7. The number of carbonyl (C=O) groups excluding carboxylic acids is 1. The highest BCUT2D eigenvalue weighted by Gasteiger charge is 2.48. The summed E-state index contributed by atoms with van der Waals surface area (Å²) in [6.07, 6.45) is -3.90. The van der Waals surface area contributed by atoms with Gasteiger partial charge in [-0.25, -0.2) is 14.0 Å². The molecule has 226 valence electrons. The number of halogens is 7. The van der Waals surface area contributed by atoms with Crippen LogP contribution in [0.25, 0.3) is 0 Å². The minimum absolute atomic E-state index is 0.196. The van der Waals surface area contributed by atoms with Gasteiger partial charge >= 0.3 is 24.3 Å². The minimum atomic E-state index is -5.08. The number of fused-ring (bicyclic) bond motifs is 1. The standard InChI is InChI=1S/C19H32FN3O2.2C2HF3O2/c20-19(6-3-7-19)18(24)23-10-4-16-17(5-11-23)25-15-14-22(16)13-12-21-8-1-2-9-21;2*3-2(4,5)1(6)7/h16-17H,1-15H2;2*(H,6,7). The largest absolute Gasteiger partial charge is 0.490 e. The Morgan fingerprint density at radius 1 is 0.795 bits per heavy atom. The molecule has 2 atom stereocenters. The van der Waals surface area contributed by atoms with E-state index in [4.69, 9.17) is 24.5 Å². The van der Waals surface area contributed by atoms with Crippen LogP contribution < -0.4 is 0 Å². The maximum atomic E-state index is 14.5. The Morgan fingerprint density at radius 2 is 1.31 bits per heavy atom. The molecule has 0 bridgehead atoms. The summed E-state index contributed by atoms with van der Waals surface area (Å²) in [5.41, 5.74) is -1.56. The fraction of sp³-hybridized carbons (Fsp3) is 0.870. The molecular weight excluding hydrogens is 547 g/mol. The predicted octanol–water partition coefficient (Wildman–Crippen LogP) is 2.93. The molecule has 3 heterocycles. The number of rotatable bonds is 4. The van der Waals surface area contributed by atoms with Crippen molar-refractivity contribution in [3.8, 4) is 0 Å². The second kappa shape index (κ2) is 13.9. The number of hydrogen-bond acceptors (Lipinski definition) is 6. The van der Waals surface area contributed by atoms with Crippen molar-refractivity contribution in [3.05, 3.63) is 0 Å². The number of carboxylic acids is 2. The Bertz CT molecular complexity index is 808. The van der Waals surface area contributed by atoms with E-state index in [-0.39, 0.29) is 12.0 Å². The Balaban J connectivity index is 0.000000317. The minimum Gasteiger partial charge on any atom is -0.475 e. The molecule has 3 saturated heterocycles. The highest BCUT2D eigenvalue weighted by Crippen LogP contribution is 2.38. The van der Waals surface area contributed by atoms with Crippen molar-refractivity contribution >= 4 is 17.8 Å². The van der Waals surface area contributed by atoms with Gasteiger partial charge in [-0.15, -0.1) is 0 Å². The number of aliphatic carboxylic acids is 2. The van der Waals surface area contributed by atoms with Crippen LogP contribution in [0.5, 0.6) is 0 Å². The second-order valence-corrected chi connectivity index (χ2v) is 9.86. The van der Waals surface area contributed by atoms with Crippen LogP contribution >= 0.6 is 0 Å². The fourth-order valence-corrected chi connectivity index (χ4v) is 4.90. The van der Waals surface area contributed by atoms with Gasteiger partial charge in [-0.1, -0.05) is 0 Å². The quantitative estimate of drug-likeness (QED) is 0.488. The number of carboxylic acid groups (broad SMARTS) is 2. The number of amides is 1. The Labute approximate surface area is 220 Å². The van der Waals surface area contributed by atoms with E-state index < -0.39 is 30.0 Å². The van der Waals surface area contributed by atoms with E-state index in [1.54, 1.807) is 4.90 Å². The van der Waals surface area contributed by atoms with Crippen LogP contribution in [0.1, 0.15) is 44.9 Å². The monoisotopic (exact) mass is 581 g/mol. The molecule has 0 aromatic carbocycles. The number of likely N-dealkylation sites (tertiary alicyclic amines) is 2. The van der Waals surface area contributed by atoms with E-state index in [0.29, 0.717) is 32.0 Å².